The highest BCUT2D eigenvalue weighted by Crippen LogP contribution is 2.27. The van der Waals surface area contributed by atoms with Crippen LogP contribution >= 0.6 is 15.9 Å². The van der Waals surface area contributed by atoms with E-state index in [1.54, 1.807) is 14.2 Å². The Bertz CT molecular complexity index is 599. The molecule has 0 atom stereocenters. The fourth-order valence-electron chi connectivity index (χ4n) is 1.97. The van der Waals surface area contributed by atoms with Crippen LogP contribution in [0.25, 0.3) is 0 Å². The molecular formula is C16H18BrNO2. The van der Waals surface area contributed by atoms with E-state index in [1.165, 1.54) is 5.56 Å². The van der Waals surface area contributed by atoms with Gasteiger partial charge in [-0.25, -0.2) is 0 Å². The van der Waals surface area contributed by atoms with E-state index in [-0.39, 0.29) is 0 Å². The SMILES string of the molecule is COc1ccc(OC)c(CNc2ccc(C)cc2Br)c1. The average Bonchev–Trinajstić information content (AvgIpc) is 2.46. The Kier molecular flexibility index (Phi) is 4.90. The van der Waals surface area contributed by atoms with Gasteiger partial charge < -0.3 is 14.8 Å². The van der Waals surface area contributed by atoms with E-state index in [0.717, 1.165) is 27.2 Å². The highest BCUT2D eigenvalue weighted by Gasteiger charge is 2.06. The third-order valence-corrected chi connectivity index (χ3v) is 3.74. The van der Waals surface area contributed by atoms with Crippen LogP contribution in [0.15, 0.2) is 40.9 Å². The van der Waals surface area contributed by atoms with Gasteiger partial charge in [-0.05, 0) is 58.7 Å². The zero-order valence-electron chi connectivity index (χ0n) is 11.9. The minimum absolute atomic E-state index is 0.669. The summed E-state index contributed by atoms with van der Waals surface area (Å²) in [6.45, 7) is 2.74. The van der Waals surface area contributed by atoms with Crippen molar-refractivity contribution in [3.8, 4) is 11.5 Å². The lowest BCUT2D eigenvalue weighted by atomic mass is 10.1. The maximum atomic E-state index is 5.38. The summed E-state index contributed by atoms with van der Waals surface area (Å²) in [5.74, 6) is 1.67. The Morgan fingerprint density at radius 2 is 1.85 bits per heavy atom. The van der Waals surface area contributed by atoms with Crippen LogP contribution in [0, 0.1) is 6.92 Å². The minimum atomic E-state index is 0.669. The number of rotatable bonds is 5. The maximum Gasteiger partial charge on any atom is 0.124 e. The zero-order chi connectivity index (χ0) is 14.5. The molecular weight excluding hydrogens is 318 g/mol. The Morgan fingerprint density at radius 1 is 1.05 bits per heavy atom. The van der Waals surface area contributed by atoms with Crippen molar-refractivity contribution in [1.29, 1.82) is 0 Å². The number of aryl methyl sites for hydroxylation is 1. The molecule has 0 unspecified atom stereocenters. The number of nitrogens with one attached hydrogen (secondary N) is 1. The first-order valence-electron chi connectivity index (χ1n) is 6.35. The molecule has 4 heteroatoms. The number of hydrogen-bond donors (Lipinski definition) is 1. The van der Waals surface area contributed by atoms with Crippen LogP contribution in [-0.4, -0.2) is 14.2 Å². The summed E-state index contributed by atoms with van der Waals surface area (Å²) < 4.78 is 11.7. The van der Waals surface area contributed by atoms with Crippen molar-refractivity contribution in [2.75, 3.05) is 19.5 Å². The fraction of sp³-hybridized carbons (Fsp3) is 0.250. The summed E-state index contributed by atoms with van der Waals surface area (Å²) in [5.41, 5.74) is 3.33. The first-order chi connectivity index (χ1) is 9.63. The van der Waals surface area contributed by atoms with Gasteiger partial charge in [-0.15, -0.1) is 0 Å². The number of benzene rings is 2. The lowest BCUT2D eigenvalue weighted by molar-refractivity contribution is 0.399. The quantitative estimate of drug-likeness (QED) is 0.879. The van der Waals surface area contributed by atoms with Crippen molar-refractivity contribution >= 4 is 21.6 Å². The molecule has 2 rings (SSSR count). The smallest absolute Gasteiger partial charge is 0.124 e. The average molecular weight is 336 g/mol. The molecule has 2 aromatic rings. The van der Waals surface area contributed by atoms with E-state index in [2.05, 4.69) is 46.4 Å². The van der Waals surface area contributed by atoms with Crippen LogP contribution in [0.4, 0.5) is 5.69 Å². The molecule has 20 heavy (non-hydrogen) atoms. The highest BCUT2D eigenvalue weighted by atomic mass is 79.9. The second-order valence-corrected chi connectivity index (χ2v) is 5.37. The van der Waals surface area contributed by atoms with Gasteiger partial charge in [-0.3, -0.25) is 0 Å². The van der Waals surface area contributed by atoms with Crippen molar-refractivity contribution < 1.29 is 9.47 Å². The summed E-state index contributed by atoms with van der Waals surface area (Å²) in [5, 5.41) is 3.40. The molecule has 0 saturated heterocycles. The van der Waals surface area contributed by atoms with E-state index >= 15 is 0 Å². The van der Waals surface area contributed by atoms with Gasteiger partial charge in [0.15, 0.2) is 0 Å². The van der Waals surface area contributed by atoms with Gasteiger partial charge >= 0.3 is 0 Å². The van der Waals surface area contributed by atoms with Gasteiger partial charge in [0.2, 0.25) is 0 Å². The van der Waals surface area contributed by atoms with Crippen molar-refractivity contribution in [3.05, 3.63) is 52.0 Å². The summed E-state index contributed by atoms with van der Waals surface area (Å²) in [4.78, 5) is 0. The second-order valence-electron chi connectivity index (χ2n) is 4.51. The van der Waals surface area contributed by atoms with Crippen molar-refractivity contribution in [3.63, 3.8) is 0 Å². The molecule has 0 spiro atoms. The number of hydrogen-bond acceptors (Lipinski definition) is 3. The first-order valence-corrected chi connectivity index (χ1v) is 7.14. The monoisotopic (exact) mass is 335 g/mol. The standard InChI is InChI=1S/C16H18BrNO2/c1-11-4-6-15(14(17)8-11)18-10-12-9-13(19-2)5-7-16(12)20-3/h4-9,18H,10H2,1-3H3. The molecule has 0 aliphatic rings. The lowest BCUT2D eigenvalue weighted by Gasteiger charge is -2.13. The maximum absolute atomic E-state index is 5.38. The molecule has 2 aromatic carbocycles. The van der Waals surface area contributed by atoms with Crippen LogP contribution in [-0.2, 0) is 6.54 Å². The number of ether oxygens (including phenoxy) is 2. The predicted molar refractivity (Wildman–Crippen MR) is 85.8 cm³/mol. The second kappa shape index (κ2) is 6.66. The molecule has 0 radical (unpaired) electrons. The minimum Gasteiger partial charge on any atom is -0.497 e. The Balaban J connectivity index is 2.17. The first kappa shape index (κ1) is 14.7. The van der Waals surface area contributed by atoms with Crippen LogP contribution < -0.4 is 14.8 Å². The molecule has 0 saturated carbocycles. The van der Waals surface area contributed by atoms with Crippen LogP contribution in [0.1, 0.15) is 11.1 Å². The van der Waals surface area contributed by atoms with Gasteiger partial charge in [-0.2, -0.15) is 0 Å². The van der Waals surface area contributed by atoms with E-state index in [1.807, 2.05) is 18.2 Å². The number of halogens is 1. The summed E-state index contributed by atoms with van der Waals surface area (Å²) in [6.07, 6.45) is 0. The summed E-state index contributed by atoms with van der Waals surface area (Å²) >= 11 is 3.57. The van der Waals surface area contributed by atoms with Crippen molar-refractivity contribution in [2.45, 2.75) is 13.5 Å². The van der Waals surface area contributed by atoms with Crippen LogP contribution in [0.3, 0.4) is 0 Å². The number of anilines is 1. The van der Waals surface area contributed by atoms with E-state index in [4.69, 9.17) is 9.47 Å². The molecule has 0 fully saturated rings. The van der Waals surface area contributed by atoms with Gasteiger partial charge in [0.05, 0.1) is 14.2 Å². The van der Waals surface area contributed by atoms with E-state index < -0.39 is 0 Å². The third kappa shape index (κ3) is 3.45. The van der Waals surface area contributed by atoms with E-state index in [9.17, 15) is 0 Å². The topological polar surface area (TPSA) is 30.5 Å². The highest BCUT2D eigenvalue weighted by molar-refractivity contribution is 9.10. The Labute approximate surface area is 128 Å². The van der Waals surface area contributed by atoms with Gasteiger partial charge in [0.25, 0.3) is 0 Å². The largest absolute Gasteiger partial charge is 0.497 e. The Hall–Kier alpha value is -1.68. The lowest BCUT2D eigenvalue weighted by Crippen LogP contribution is -2.03. The van der Waals surface area contributed by atoms with Crippen LogP contribution in [0.2, 0.25) is 0 Å². The van der Waals surface area contributed by atoms with E-state index in [0.29, 0.717) is 6.54 Å². The van der Waals surface area contributed by atoms with Gasteiger partial charge in [0, 0.05) is 22.3 Å². The molecule has 0 aromatic heterocycles. The Morgan fingerprint density at radius 3 is 2.50 bits per heavy atom. The van der Waals surface area contributed by atoms with Crippen molar-refractivity contribution in [1.82, 2.24) is 0 Å². The molecule has 3 nitrogen and oxygen atoms in total. The molecule has 0 aliphatic heterocycles. The predicted octanol–water partition coefficient (Wildman–Crippen LogP) is 4.39. The molecule has 1 N–H and O–H groups in total. The third-order valence-electron chi connectivity index (χ3n) is 3.08. The fourth-order valence-corrected chi connectivity index (χ4v) is 2.61. The molecule has 0 bridgehead atoms. The number of methoxy groups -OCH3 is 2. The van der Waals surface area contributed by atoms with Crippen molar-refractivity contribution in [2.24, 2.45) is 0 Å². The zero-order valence-corrected chi connectivity index (χ0v) is 13.5. The van der Waals surface area contributed by atoms with Gasteiger partial charge in [-0.1, -0.05) is 6.07 Å². The van der Waals surface area contributed by atoms with Gasteiger partial charge in [0.1, 0.15) is 11.5 Å². The molecule has 0 amide bonds. The molecule has 106 valence electrons. The molecule has 0 heterocycles. The normalized spacial score (nSPS) is 10.2. The van der Waals surface area contributed by atoms with Crippen LogP contribution in [0.5, 0.6) is 11.5 Å². The summed E-state index contributed by atoms with van der Waals surface area (Å²) in [6, 6.07) is 12.0. The molecule has 0 aliphatic carbocycles. The summed E-state index contributed by atoms with van der Waals surface area (Å²) in [7, 11) is 3.34.